The molecule has 0 spiro atoms. The summed E-state index contributed by atoms with van der Waals surface area (Å²) >= 11 is 0. The molecule has 1 aromatic rings. The van der Waals surface area contributed by atoms with Crippen LogP contribution in [-0.4, -0.2) is 13.2 Å². The molecule has 0 atom stereocenters. The summed E-state index contributed by atoms with van der Waals surface area (Å²) in [5.74, 6) is -0.651. The summed E-state index contributed by atoms with van der Waals surface area (Å²) in [6.07, 6.45) is -0.809. The average Bonchev–Trinajstić information content (AvgIpc) is 2.36. The van der Waals surface area contributed by atoms with Crippen LogP contribution in [0.1, 0.15) is 12.5 Å². The van der Waals surface area contributed by atoms with Gasteiger partial charge in [-0.25, -0.2) is 0 Å². The topological polar surface area (TPSA) is 72.7 Å². The third-order valence-electron chi connectivity index (χ3n) is 1.94. The summed E-state index contributed by atoms with van der Waals surface area (Å²) in [7, 11) is 1.22. The van der Waals surface area contributed by atoms with Gasteiger partial charge in [0.2, 0.25) is 6.09 Å². The van der Waals surface area contributed by atoms with Crippen LogP contribution in [0.3, 0.4) is 0 Å². The zero-order valence-electron chi connectivity index (χ0n) is 10.7. The standard InChI is InChI=1S/C12H15NO4.Li/c1-9(11(14)16-2)13-12(15)17-8-10-6-4-3-5-7-10;/h3-7H,8H2,1-2H3,(H2,13,14,15);/q;+1/p-2/b11-9+;. The Morgan fingerprint density at radius 2 is 1.94 bits per heavy atom. The van der Waals surface area contributed by atoms with Crippen molar-refractivity contribution in [2.24, 2.45) is 0 Å². The summed E-state index contributed by atoms with van der Waals surface area (Å²) < 4.78 is 9.26. The van der Waals surface area contributed by atoms with E-state index >= 15 is 0 Å². The number of nitrogens with zero attached hydrogens (tertiary/aromatic N) is 1. The van der Waals surface area contributed by atoms with E-state index in [2.05, 4.69) is 10.1 Å². The summed E-state index contributed by atoms with van der Waals surface area (Å²) in [5.41, 5.74) is 0.817. The Bertz CT molecular complexity index is 406. The van der Waals surface area contributed by atoms with Gasteiger partial charge in [-0.2, -0.15) is 0 Å². The van der Waals surface area contributed by atoms with E-state index in [4.69, 9.17) is 4.74 Å². The number of allylic oxidation sites excluding steroid dienone is 1. The van der Waals surface area contributed by atoms with Crippen LogP contribution in [0.25, 0.3) is 5.32 Å². The molecule has 0 saturated carbocycles. The minimum atomic E-state index is -0.809. The Morgan fingerprint density at radius 3 is 2.50 bits per heavy atom. The van der Waals surface area contributed by atoms with Gasteiger partial charge >= 0.3 is 18.9 Å². The molecule has 0 saturated heterocycles. The molecular weight excluding hydrogens is 229 g/mol. The smallest absolute Gasteiger partial charge is 0.618 e. The molecule has 6 heteroatoms. The van der Waals surface area contributed by atoms with Crippen molar-refractivity contribution in [1.29, 1.82) is 0 Å². The Labute approximate surface area is 118 Å². The minimum absolute atomic E-state index is 0. The second-order valence-corrected chi connectivity index (χ2v) is 3.23. The fraction of sp³-hybridized carbons (Fsp3) is 0.250. The van der Waals surface area contributed by atoms with Gasteiger partial charge in [-0.15, -0.1) is 5.70 Å². The zero-order chi connectivity index (χ0) is 12.7. The Balaban J connectivity index is 0.00000289. The van der Waals surface area contributed by atoms with E-state index in [1.807, 2.05) is 30.3 Å². The first kappa shape index (κ1) is 16.4. The monoisotopic (exact) mass is 242 g/mol. The maximum Gasteiger partial charge on any atom is 1.00 e. The van der Waals surface area contributed by atoms with E-state index in [9.17, 15) is 9.90 Å². The van der Waals surface area contributed by atoms with Crippen molar-refractivity contribution in [3.05, 3.63) is 52.9 Å². The predicted octanol–water partition coefficient (Wildman–Crippen LogP) is -1.10. The summed E-state index contributed by atoms with van der Waals surface area (Å²) in [6, 6.07) is 9.19. The van der Waals surface area contributed by atoms with Crippen molar-refractivity contribution in [2.75, 3.05) is 7.11 Å². The van der Waals surface area contributed by atoms with E-state index in [0.29, 0.717) is 0 Å². The Hall–Kier alpha value is -1.57. The second-order valence-electron chi connectivity index (χ2n) is 3.23. The van der Waals surface area contributed by atoms with Crippen LogP contribution in [0.5, 0.6) is 0 Å². The number of methoxy groups -OCH3 is 1. The molecule has 0 aliphatic heterocycles. The van der Waals surface area contributed by atoms with Gasteiger partial charge in [0.15, 0.2) is 0 Å². The maximum atomic E-state index is 11.2. The van der Waals surface area contributed by atoms with Crippen molar-refractivity contribution in [3.63, 3.8) is 0 Å². The first-order valence-corrected chi connectivity index (χ1v) is 4.97. The molecule has 1 amide bonds. The zero-order valence-corrected chi connectivity index (χ0v) is 10.7. The van der Waals surface area contributed by atoms with Crippen molar-refractivity contribution >= 4 is 6.09 Å². The van der Waals surface area contributed by atoms with Crippen molar-refractivity contribution in [1.82, 2.24) is 0 Å². The molecule has 1 aromatic carbocycles. The number of rotatable bonds is 4. The third-order valence-corrected chi connectivity index (χ3v) is 1.94. The van der Waals surface area contributed by atoms with Crippen LogP contribution in [-0.2, 0) is 16.1 Å². The van der Waals surface area contributed by atoms with Crippen LogP contribution >= 0.6 is 0 Å². The number of carbonyl (C=O) groups is 1. The summed E-state index contributed by atoms with van der Waals surface area (Å²) in [4.78, 5) is 11.2. The largest absolute Gasteiger partial charge is 1.00 e. The van der Waals surface area contributed by atoms with Crippen LogP contribution in [0, 0.1) is 0 Å². The molecule has 0 bridgehead atoms. The number of ether oxygens (including phenoxy) is 2. The SMILES string of the molecule is CO/C([O-])=C(\C)[N-]C(=O)OCc1ccccc1.[Li+]. The first-order chi connectivity index (χ1) is 8.13. The van der Waals surface area contributed by atoms with E-state index in [1.54, 1.807) is 0 Å². The fourth-order valence-electron chi connectivity index (χ4n) is 1.08. The van der Waals surface area contributed by atoms with Gasteiger partial charge in [0, 0.05) is 5.95 Å². The van der Waals surface area contributed by atoms with Crippen LogP contribution in [0.15, 0.2) is 42.0 Å². The van der Waals surface area contributed by atoms with Crippen LogP contribution in [0.2, 0.25) is 0 Å². The third kappa shape index (κ3) is 5.67. The molecule has 0 radical (unpaired) electrons. The van der Waals surface area contributed by atoms with Gasteiger partial charge in [-0.05, 0) is 12.7 Å². The van der Waals surface area contributed by atoms with Gasteiger partial charge in [0.25, 0.3) is 0 Å². The Kier molecular flexibility index (Phi) is 7.76. The Morgan fingerprint density at radius 1 is 1.33 bits per heavy atom. The van der Waals surface area contributed by atoms with Crippen molar-refractivity contribution in [3.8, 4) is 0 Å². The second kappa shape index (κ2) is 8.51. The fourth-order valence-corrected chi connectivity index (χ4v) is 1.08. The molecule has 0 fully saturated rings. The van der Waals surface area contributed by atoms with E-state index in [-0.39, 0.29) is 31.2 Å². The van der Waals surface area contributed by atoms with Gasteiger partial charge in [0.1, 0.15) is 6.61 Å². The average molecular weight is 242 g/mol. The van der Waals surface area contributed by atoms with E-state index < -0.39 is 12.0 Å². The minimum Gasteiger partial charge on any atom is -0.618 e. The van der Waals surface area contributed by atoms with Crippen LogP contribution < -0.4 is 24.0 Å². The van der Waals surface area contributed by atoms with Gasteiger partial charge in [0.05, 0.1) is 0 Å². The molecule has 0 N–H and O–H groups in total. The van der Waals surface area contributed by atoms with Crippen molar-refractivity contribution < 1.29 is 38.2 Å². The molecule has 0 aliphatic carbocycles. The van der Waals surface area contributed by atoms with E-state index in [0.717, 1.165) is 5.56 Å². The van der Waals surface area contributed by atoms with Gasteiger partial charge in [-0.3, -0.25) is 4.79 Å². The molecule has 0 aliphatic rings. The molecule has 18 heavy (non-hydrogen) atoms. The first-order valence-electron chi connectivity index (χ1n) is 4.97. The molecular formula is C12H13LiNO4-. The van der Waals surface area contributed by atoms with Gasteiger partial charge in [-0.1, -0.05) is 37.3 Å². The summed E-state index contributed by atoms with van der Waals surface area (Å²) in [6.45, 7) is 1.51. The molecule has 5 nitrogen and oxygen atoms in total. The van der Waals surface area contributed by atoms with E-state index in [1.165, 1.54) is 14.0 Å². The number of amides is 1. The molecule has 0 unspecified atom stereocenters. The quantitative estimate of drug-likeness (QED) is 0.496. The van der Waals surface area contributed by atoms with Gasteiger partial charge < -0.3 is 19.9 Å². The number of carbonyl (C=O) groups excluding carboxylic acids is 1. The van der Waals surface area contributed by atoms with Crippen LogP contribution in [0.4, 0.5) is 4.79 Å². The predicted molar refractivity (Wildman–Crippen MR) is 59.7 cm³/mol. The molecule has 92 valence electrons. The number of hydrogen-bond donors (Lipinski definition) is 0. The number of benzene rings is 1. The molecule has 1 rings (SSSR count). The molecule has 0 heterocycles. The van der Waals surface area contributed by atoms with Crippen molar-refractivity contribution in [2.45, 2.75) is 13.5 Å². The normalized spacial score (nSPS) is 10.8. The molecule has 0 aromatic heterocycles. The summed E-state index contributed by atoms with van der Waals surface area (Å²) in [5, 5.41) is 14.4. The maximum absolute atomic E-state index is 11.2. The number of hydrogen-bond acceptors (Lipinski definition) is 4.